The molecule has 1 heterocycles. The minimum Gasteiger partial charge on any atom is -0.357 e. The van der Waals surface area contributed by atoms with E-state index in [0.717, 1.165) is 0 Å². The highest BCUT2D eigenvalue weighted by molar-refractivity contribution is 5.43. The lowest BCUT2D eigenvalue weighted by molar-refractivity contribution is 0.962. The number of aromatic nitrogens is 3. The fourth-order valence-corrected chi connectivity index (χ4v) is 0.899. The van der Waals surface area contributed by atoms with E-state index in [1.165, 1.54) is 0 Å². The molecule has 1 aromatic heterocycles. The predicted molar refractivity (Wildman–Crippen MR) is 62.1 cm³/mol. The summed E-state index contributed by atoms with van der Waals surface area (Å²) in [6.45, 7) is 1.92. The van der Waals surface area contributed by atoms with Crippen LogP contribution in [0.2, 0.25) is 0 Å². The first-order chi connectivity index (χ1) is 7.17. The van der Waals surface area contributed by atoms with Crippen LogP contribution in [0.1, 0.15) is 6.92 Å². The molecule has 0 fully saturated rings. The van der Waals surface area contributed by atoms with Gasteiger partial charge in [-0.2, -0.15) is 15.0 Å². The molecule has 0 saturated heterocycles. The van der Waals surface area contributed by atoms with Crippen LogP contribution in [0.3, 0.4) is 0 Å². The topological polar surface area (TPSA) is 66.0 Å². The molecule has 0 aromatic carbocycles. The third-order valence-corrected chi connectivity index (χ3v) is 1.63. The van der Waals surface area contributed by atoms with Crippen LogP contribution in [0.15, 0.2) is 12.3 Å². The zero-order valence-electron chi connectivity index (χ0n) is 9.44. The Morgan fingerprint density at radius 2 is 1.80 bits per heavy atom. The Kier molecular flexibility index (Phi) is 3.84. The average Bonchev–Trinajstić information content (AvgIpc) is 2.25. The van der Waals surface area contributed by atoms with Crippen molar-refractivity contribution in [2.75, 3.05) is 36.7 Å². The normalized spacial score (nSPS) is 10.4. The SMILES string of the molecule is CC=CNc1nc(NC)nc(N(C)C)n1. The van der Waals surface area contributed by atoms with Crippen molar-refractivity contribution in [2.45, 2.75) is 6.92 Å². The van der Waals surface area contributed by atoms with E-state index in [4.69, 9.17) is 0 Å². The van der Waals surface area contributed by atoms with Crippen LogP contribution in [0.4, 0.5) is 17.8 Å². The molecule has 0 saturated carbocycles. The Labute approximate surface area is 89.4 Å². The number of hydrogen-bond acceptors (Lipinski definition) is 6. The predicted octanol–water partition coefficient (Wildman–Crippen LogP) is 0.925. The van der Waals surface area contributed by atoms with E-state index in [2.05, 4.69) is 25.6 Å². The van der Waals surface area contributed by atoms with Gasteiger partial charge < -0.3 is 15.5 Å². The van der Waals surface area contributed by atoms with E-state index in [0.29, 0.717) is 17.8 Å². The van der Waals surface area contributed by atoms with Crippen molar-refractivity contribution >= 4 is 17.8 Å². The summed E-state index contributed by atoms with van der Waals surface area (Å²) >= 11 is 0. The van der Waals surface area contributed by atoms with E-state index in [1.54, 1.807) is 13.2 Å². The molecule has 6 nitrogen and oxygen atoms in total. The number of nitrogens with one attached hydrogen (secondary N) is 2. The van der Waals surface area contributed by atoms with Crippen LogP contribution < -0.4 is 15.5 Å². The number of hydrogen-bond donors (Lipinski definition) is 2. The van der Waals surface area contributed by atoms with Crippen molar-refractivity contribution in [3.63, 3.8) is 0 Å². The van der Waals surface area contributed by atoms with Crippen LogP contribution in [0, 0.1) is 0 Å². The van der Waals surface area contributed by atoms with Gasteiger partial charge >= 0.3 is 0 Å². The standard InChI is InChI=1S/C9H16N6/c1-5-6-11-8-12-7(10-2)13-9(14-8)15(3)4/h5-6H,1-4H3,(H2,10,11,12,13,14). The molecule has 1 aromatic rings. The lowest BCUT2D eigenvalue weighted by atomic mass is 10.7. The van der Waals surface area contributed by atoms with Crippen molar-refractivity contribution in [2.24, 2.45) is 0 Å². The van der Waals surface area contributed by atoms with Gasteiger partial charge in [0, 0.05) is 21.1 Å². The third kappa shape index (κ3) is 3.08. The molecule has 0 spiro atoms. The van der Waals surface area contributed by atoms with Gasteiger partial charge in [0.05, 0.1) is 0 Å². The van der Waals surface area contributed by atoms with Gasteiger partial charge in [0.25, 0.3) is 0 Å². The van der Waals surface area contributed by atoms with Crippen LogP contribution in [-0.4, -0.2) is 36.1 Å². The van der Waals surface area contributed by atoms with Crippen molar-refractivity contribution in [1.82, 2.24) is 15.0 Å². The lowest BCUT2D eigenvalue weighted by Crippen LogP contribution is -2.15. The molecule has 0 bridgehead atoms. The first-order valence-corrected chi connectivity index (χ1v) is 4.66. The number of anilines is 3. The molecule has 0 aliphatic heterocycles. The molecule has 15 heavy (non-hydrogen) atoms. The smallest absolute Gasteiger partial charge is 0.233 e. The molecular formula is C9H16N6. The highest BCUT2D eigenvalue weighted by Crippen LogP contribution is 2.10. The first kappa shape index (κ1) is 11.2. The van der Waals surface area contributed by atoms with E-state index in [-0.39, 0.29) is 0 Å². The third-order valence-electron chi connectivity index (χ3n) is 1.63. The second kappa shape index (κ2) is 5.14. The highest BCUT2D eigenvalue weighted by Gasteiger charge is 2.05. The maximum atomic E-state index is 4.22. The van der Waals surface area contributed by atoms with Crippen molar-refractivity contribution in [1.29, 1.82) is 0 Å². The summed E-state index contributed by atoms with van der Waals surface area (Å²) in [6, 6.07) is 0. The Morgan fingerprint density at radius 1 is 1.13 bits per heavy atom. The quantitative estimate of drug-likeness (QED) is 0.767. The molecule has 0 radical (unpaired) electrons. The average molecular weight is 208 g/mol. The Balaban J connectivity index is 3.00. The largest absolute Gasteiger partial charge is 0.357 e. The lowest BCUT2D eigenvalue weighted by Gasteiger charge is -2.12. The van der Waals surface area contributed by atoms with E-state index >= 15 is 0 Å². The van der Waals surface area contributed by atoms with Crippen molar-refractivity contribution in [3.8, 4) is 0 Å². The van der Waals surface area contributed by atoms with Gasteiger partial charge in [-0.3, -0.25) is 0 Å². The van der Waals surface area contributed by atoms with E-state index < -0.39 is 0 Å². The Bertz CT molecular complexity index is 346. The fourth-order valence-electron chi connectivity index (χ4n) is 0.899. The Morgan fingerprint density at radius 3 is 2.33 bits per heavy atom. The summed E-state index contributed by atoms with van der Waals surface area (Å²) in [5, 5.41) is 5.84. The molecule has 0 aliphatic carbocycles. The van der Waals surface area contributed by atoms with Crippen LogP contribution in [-0.2, 0) is 0 Å². The van der Waals surface area contributed by atoms with Crippen molar-refractivity contribution in [3.05, 3.63) is 12.3 Å². The van der Waals surface area contributed by atoms with Gasteiger partial charge in [-0.25, -0.2) is 0 Å². The summed E-state index contributed by atoms with van der Waals surface area (Å²) in [4.78, 5) is 14.4. The van der Waals surface area contributed by atoms with Gasteiger partial charge in [0.1, 0.15) is 0 Å². The zero-order valence-corrected chi connectivity index (χ0v) is 9.44. The fraction of sp³-hybridized carbons (Fsp3) is 0.444. The van der Waals surface area contributed by atoms with Crippen molar-refractivity contribution < 1.29 is 0 Å². The van der Waals surface area contributed by atoms with Gasteiger partial charge in [0.15, 0.2) is 0 Å². The van der Waals surface area contributed by atoms with E-state index in [9.17, 15) is 0 Å². The number of rotatable bonds is 4. The monoisotopic (exact) mass is 208 g/mol. The minimum atomic E-state index is 0.524. The molecule has 0 unspecified atom stereocenters. The Hall–Kier alpha value is -1.85. The summed E-state index contributed by atoms with van der Waals surface area (Å²) in [7, 11) is 5.54. The number of nitrogens with zero attached hydrogens (tertiary/aromatic N) is 4. The minimum absolute atomic E-state index is 0.524. The van der Waals surface area contributed by atoms with Gasteiger partial charge in [-0.1, -0.05) is 6.08 Å². The molecule has 0 atom stereocenters. The molecule has 82 valence electrons. The molecule has 6 heteroatoms. The van der Waals surface area contributed by atoms with Crippen LogP contribution in [0.5, 0.6) is 0 Å². The summed E-state index contributed by atoms with van der Waals surface area (Å²) in [6.07, 6.45) is 3.65. The number of allylic oxidation sites excluding steroid dienone is 1. The summed E-state index contributed by atoms with van der Waals surface area (Å²) in [5.41, 5.74) is 0. The zero-order chi connectivity index (χ0) is 11.3. The van der Waals surface area contributed by atoms with Crippen LogP contribution in [0.25, 0.3) is 0 Å². The van der Waals surface area contributed by atoms with Gasteiger partial charge in [-0.15, -0.1) is 0 Å². The second-order valence-electron chi connectivity index (χ2n) is 3.07. The van der Waals surface area contributed by atoms with Gasteiger partial charge in [-0.05, 0) is 13.1 Å². The van der Waals surface area contributed by atoms with E-state index in [1.807, 2.05) is 32.0 Å². The van der Waals surface area contributed by atoms with Gasteiger partial charge in [0.2, 0.25) is 17.8 Å². The molecular weight excluding hydrogens is 192 g/mol. The summed E-state index contributed by atoms with van der Waals surface area (Å²) < 4.78 is 0. The molecule has 1 rings (SSSR count). The highest BCUT2D eigenvalue weighted by atomic mass is 15.3. The molecule has 0 amide bonds. The second-order valence-corrected chi connectivity index (χ2v) is 3.07. The summed E-state index contributed by atoms with van der Waals surface area (Å²) in [5.74, 6) is 1.68. The van der Waals surface area contributed by atoms with Crippen LogP contribution >= 0.6 is 0 Å². The first-order valence-electron chi connectivity index (χ1n) is 4.66. The molecule has 2 N–H and O–H groups in total. The maximum absolute atomic E-state index is 4.22. The molecule has 0 aliphatic rings. The maximum Gasteiger partial charge on any atom is 0.233 e.